The van der Waals surface area contributed by atoms with E-state index >= 15 is 0 Å². The van der Waals surface area contributed by atoms with Gasteiger partial charge in [0.05, 0.1) is 18.2 Å². The Labute approximate surface area is 222 Å². The van der Waals surface area contributed by atoms with Crippen LogP contribution in [0.4, 0.5) is 0 Å². The highest BCUT2D eigenvalue weighted by Crippen LogP contribution is 2.39. The summed E-state index contributed by atoms with van der Waals surface area (Å²) in [7, 11) is -3.55. The molecular formula is C28H43N3O5S. The van der Waals surface area contributed by atoms with E-state index in [1.165, 1.54) is 4.31 Å². The van der Waals surface area contributed by atoms with E-state index in [4.69, 9.17) is 0 Å². The van der Waals surface area contributed by atoms with Crippen molar-refractivity contribution in [1.29, 1.82) is 0 Å². The Hall–Kier alpha value is -2.26. The maximum atomic E-state index is 13.9. The zero-order chi connectivity index (χ0) is 27.7. The van der Waals surface area contributed by atoms with E-state index in [0.717, 1.165) is 17.4 Å². The minimum atomic E-state index is -3.55. The van der Waals surface area contributed by atoms with Crippen LogP contribution in [-0.4, -0.2) is 72.7 Å². The van der Waals surface area contributed by atoms with Crippen molar-refractivity contribution in [1.82, 2.24) is 14.5 Å². The summed E-state index contributed by atoms with van der Waals surface area (Å²) >= 11 is 0. The molecule has 2 aliphatic rings. The number of hydrogen-bond donors (Lipinski definition) is 1. The molecule has 1 N–H and O–H groups in total. The number of amides is 2. The lowest BCUT2D eigenvalue weighted by molar-refractivity contribution is -0.142. The van der Waals surface area contributed by atoms with Crippen LogP contribution in [0.5, 0.6) is 0 Å². The maximum Gasteiger partial charge on any atom is 0.246 e. The second-order valence-corrected chi connectivity index (χ2v) is 13.8. The predicted molar refractivity (Wildman–Crippen MR) is 144 cm³/mol. The average molecular weight is 534 g/mol. The van der Waals surface area contributed by atoms with E-state index in [0.29, 0.717) is 25.8 Å². The van der Waals surface area contributed by atoms with Crippen LogP contribution in [0.25, 0.3) is 0 Å². The molecule has 8 nitrogen and oxygen atoms in total. The molecule has 0 saturated carbocycles. The van der Waals surface area contributed by atoms with Crippen molar-refractivity contribution < 1.29 is 22.8 Å². The fourth-order valence-electron chi connectivity index (χ4n) is 5.46. The molecule has 2 aliphatic heterocycles. The summed E-state index contributed by atoms with van der Waals surface area (Å²) in [4.78, 5) is 41.9. The van der Waals surface area contributed by atoms with Crippen molar-refractivity contribution in [2.75, 3.05) is 19.3 Å². The van der Waals surface area contributed by atoms with Gasteiger partial charge >= 0.3 is 0 Å². The highest BCUT2D eigenvalue weighted by Gasteiger charge is 2.56. The molecule has 0 unspecified atom stereocenters. The smallest absolute Gasteiger partial charge is 0.246 e. The van der Waals surface area contributed by atoms with Gasteiger partial charge in [-0.15, -0.1) is 0 Å². The first kappa shape index (κ1) is 29.3. The fourth-order valence-corrected chi connectivity index (χ4v) is 6.61. The third-order valence-corrected chi connectivity index (χ3v) is 9.21. The monoisotopic (exact) mass is 533 g/mol. The molecule has 1 aromatic rings. The van der Waals surface area contributed by atoms with Gasteiger partial charge < -0.3 is 10.2 Å². The van der Waals surface area contributed by atoms with Gasteiger partial charge in [-0.05, 0) is 37.2 Å². The van der Waals surface area contributed by atoms with Gasteiger partial charge in [-0.3, -0.25) is 14.4 Å². The molecule has 2 fully saturated rings. The molecule has 37 heavy (non-hydrogen) atoms. The molecule has 0 spiro atoms. The Morgan fingerprint density at radius 2 is 1.76 bits per heavy atom. The Bertz CT molecular complexity index is 1110. The number of likely N-dealkylation sites (tertiary alicyclic amines) is 1. The van der Waals surface area contributed by atoms with E-state index < -0.39 is 39.5 Å². The number of ketones is 1. The van der Waals surface area contributed by atoms with E-state index in [2.05, 4.69) is 5.32 Å². The van der Waals surface area contributed by atoms with Gasteiger partial charge in [0.1, 0.15) is 11.8 Å². The van der Waals surface area contributed by atoms with Crippen molar-refractivity contribution in [3.8, 4) is 0 Å². The van der Waals surface area contributed by atoms with E-state index in [-0.39, 0.29) is 36.5 Å². The summed E-state index contributed by atoms with van der Waals surface area (Å²) in [6, 6.07) is 6.28. The Kier molecular flexibility index (Phi) is 8.90. The molecule has 5 atom stereocenters. The lowest BCUT2D eigenvalue weighted by Crippen LogP contribution is -2.58. The molecule has 1 aromatic carbocycles. The molecular weight excluding hydrogens is 490 g/mol. The van der Waals surface area contributed by atoms with Crippen LogP contribution in [0.15, 0.2) is 24.3 Å². The van der Waals surface area contributed by atoms with Crippen LogP contribution in [0.2, 0.25) is 0 Å². The number of sulfonamides is 1. The summed E-state index contributed by atoms with van der Waals surface area (Å²) in [5.74, 6) is -1.28. The van der Waals surface area contributed by atoms with Crippen molar-refractivity contribution in [2.24, 2.45) is 17.3 Å². The highest BCUT2D eigenvalue weighted by atomic mass is 32.2. The van der Waals surface area contributed by atoms with Gasteiger partial charge in [0, 0.05) is 31.5 Å². The molecule has 0 radical (unpaired) electrons. The third-order valence-electron chi connectivity index (χ3n) is 7.94. The van der Waals surface area contributed by atoms with E-state index in [9.17, 15) is 22.8 Å². The summed E-state index contributed by atoms with van der Waals surface area (Å²) in [5.41, 5.74) is 1.64. The summed E-state index contributed by atoms with van der Waals surface area (Å²) in [6.45, 7) is 11.9. The number of rotatable bonds is 9. The number of benzene rings is 1. The van der Waals surface area contributed by atoms with Gasteiger partial charge in [-0.25, -0.2) is 8.42 Å². The van der Waals surface area contributed by atoms with Crippen molar-refractivity contribution in [3.05, 3.63) is 35.4 Å². The molecule has 2 amide bonds. The summed E-state index contributed by atoms with van der Waals surface area (Å²) in [5, 5.41) is 2.95. The van der Waals surface area contributed by atoms with Crippen molar-refractivity contribution >= 4 is 27.6 Å². The Morgan fingerprint density at radius 3 is 2.30 bits per heavy atom. The molecule has 3 rings (SSSR count). The molecule has 0 bridgehead atoms. The SMILES string of the molecule is CC[C@@H](C)C(=O)N[C@H](C(=O)N1CC[C@@H]2[C@H]1[C@@H](C(=O)CCc1ccc(C)cc1)CN2S(C)(=O)=O)C(C)(C)C. The standard InChI is InChI=1S/C28H43N3O5S/c1-8-19(3)26(33)29-25(28(4,5)6)27(34)30-16-15-22-24(30)21(17-31(22)37(7,35)36)23(32)14-13-20-11-9-18(2)10-12-20/h9-12,19,21-22,24-25H,8,13-17H2,1-7H3,(H,29,33)/t19-,21-,22-,24-,25-/m1/s1. The number of Topliss-reactive ketones (excluding diaryl/α,β-unsaturated/α-hetero) is 1. The van der Waals surface area contributed by atoms with Crippen LogP contribution >= 0.6 is 0 Å². The first-order valence-corrected chi connectivity index (χ1v) is 15.2. The van der Waals surface area contributed by atoms with E-state index in [1.54, 1.807) is 4.90 Å². The maximum absolute atomic E-state index is 13.9. The minimum Gasteiger partial charge on any atom is -0.344 e. The molecule has 9 heteroatoms. The first-order valence-electron chi connectivity index (χ1n) is 13.3. The Morgan fingerprint density at radius 1 is 1.14 bits per heavy atom. The van der Waals surface area contributed by atoms with Gasteiger partial charge in [0.15, 0.2) is 0 Å². The summed E-state index contributed by atoms with van der Waals surface area (Å²) in [6.07, 6.45) is 3.14. The summed E-state index contributed by atoms with van der Waals surface area (Å²) < 4.78 is 26.7. The van der Waals surface area contributed by atoms with Crippen LogP contribution < -0.4 is 5.32 Å². The number of carbonyl (C=O) groups is 3. The van der Waals surface area contributed by atoms with Crippen LogP contribution in [-0.2, 0) is 30.8 Å². The zero-order valence-electron chi connectivity index (χ0n) is 23.3. The molecule has 0 aliphatic carbocycles. The van der Waals surface area contributed by atoms with Gasteiger partial charge in [-0.2, -0.15) is 4.31 Å². The quantitative estimate of drug-likeness (QED) is 0.526. The van der Waals surface area contributed by atoms with Crippen molar-refractivity contribution in [3.63, 3.8) is 0 Å². The largest absolute Gasteiger partial charge is 0.344 e. The molecule has 2 saturated heterocycles. The lowest BCUT2D eigenvalue weighted by Gasteiger charge is -2.37. The fraction of sp³-hybridized carbons (Fsp3) is 0.679. The van der Waals surface area contributed by atoms with Crippen molar-refractivity contribution in [2.45, 2.75) is 85.4 Å². The number of hydrogen-bond acceptors (Lipinski definition) is 5. The second-order valence-electron chi connectivity index (χ2n) is 11.9. The number of fused-ring (bicyclic) bond motifs is 1. The first-order chi connectivity index (χ1) is 17.1. The highest BCUT2D eigenvalue weighted by molar-refractivity contribution is 7.88. The van der Waals surface area contributed by atoms with Crippen LogP contribution in [0.3, 0.4) is 0 Å². The molecule has 206 valence electrons. The molecule has 2 heterocycles. The van der Waals surface area contributed by atoms with Gasteiger partial charge in [-0.1, -0.05) is 64.4 Å². The topological polar surface area (TPSA) is 104 Å². The number of carbonyl (C=O) groups excluding carboxylic acids is 3. The van der Waals surface area contributed by atoms with Gasteiger partial charge in [0.2, 0.25) is 21.8 Å². The third kappa shape index (κ3) is 6.60. The minimum absolute atomic E-state index is 0.0302. The van der Waals surface area contributed by atoms with Crippen LogP contribution in [0, 0.1) is 24.2 Å². The van der Waals surface area contributed by atoms with Crippen LogP contribution in [0.1, 0.15) is 65.0 Å². The number of nitrogens with zero attached hydrogens (tertiary/aromatic N) is 2. The number of nitrogens with one attached hydrogen (secondary N) is 1. The average Bonchev–Trinajstić information content (AvgIpc) is 3.40. The zero-order valence-corrected chi connectivity index (χ0v) is 24.1. The van der Waals surface area contributed by atoms with E-state index in [1.807, 2.05) is 65.8 Å². The van der Waals surface area contributed by atoms with Gasteiger partial charge in [0.25, 0.3) is 0 Å². The predicted octanol–water partition coefficient (Wildman–Crippen LogP) is 2.93. The normalized spacial score (nSPS) is 24.0. The molecule has 0 aromatic heterocycles. The number of aryl methyl sites for hydroxylation is 2. The lowest BCUT2D eigenvalue weighted by atomic mass is 9.84. The Balaban J connectivity index is 1.87. The second kappa shape index (κ2) is 11.2.